The molecule has 0 aromatic heterocycles. The molecular weight excluding hydrogens is 863 g/mol. The predicted octanol–water partition coefficient (Wildman–Crippen LogP) is 19.8. The second-order valence-electron chi connectivity index (χ2n) is 21.7. The van der Waals surface area contributed by atoms with E-state index in [0.29, 0.717) is 19.4 Å². The Kier molecular flexibility index (Phi) is 58.5. The molecule has 2 atom stereocenters. The Morgan fingerprint density at radius 1 is 0.386 bits per heavy atom. The molecule has 0 bridgehead atoms. The first kappa shape index (κ1) is 68.3. The number of amides is 1. The molecule has 0 spiro atoms. The van der Waals surface area contributed by atoms with Crippen LogP contribution in [-0.2, 0) is 14.3 Å². The first-order valence-electron chi connectivity index (χ1n) is 31.6. The van der Waals surface area contributed by atoms with Gasteiger partial charge in [0, 0.05) is 12.8 Å². The van der Waals surface area contributed by atoms with E-state index in [1.165, 1.54) is 283 Å². The fourth-order valence-electron chi connectivity index (χ4n) is 9.87. The number of carbonyl (C=O) groups is 2. The number of esters is 1. The molecule has 0 aromatic carbocycles. The average molecular weight is 987 g/mol. The molecule has 6 nitrogen and oxygen atoms in total. The van der Waals surface area contributed by atoms with Gasteiger partial charge < -0.3 is 20.3 Å². The first-order valence-corrected chi connectivity index (χ1v) is 31.6. The van der Waals surface area contributed by atoms with Gasteiger partial charge in [-0.1, -0.05) is 301 Å². The summed E-state index contributed by atoms with van der Waals surface area (Å²) in [5.41, 5.74) is 0. The molecule has 0 radical (unpaired) electrons. The lowest BCUT2D eigenvalue weighted by Crippen LogP contribution is -2.45. The van der Waals surface area contributed by atoms with Gasteiger partial charge in [-0.3, -0.25) is 9.59 Å². The fourth-order valence-corrected chi connectivity index (χ4v) is 9.87. The summed E-state index contributed by atoms with van der Waals surface area (Å²) in [6.45, 7) is 4.91. The maximum Gasteiger partial charge on any atom is 0.305 e. The molecule has 70 heavy (non-hydrogen) atoms. The highest BCUT2D eigenvalue weighted by Crippen LogP contribution is 2.17. The van der Waals surface area contributed by atoms with E-state index in [0.717, 1.165) is 38.5 Å². The molecule has 1 amide bonds. The van der Waals surface area contributed by atoms with Crippen LogP contribution < -0.4 is 5.32 Å². The van der Waals surface area contributed by atoms with Crippen LogP contribution in [0.3, 0.4) is 0 Å². The van der Waals surface area contributed by atoms with E-state index >= 15 is 0 Å². The minimum absolute atomic E-state index is 0.0172. The second-order valence-corrected chi connectivity index (χ2v) is 21.7. The van der Waals surface area contributed by atoms with E-state index in [1.807, 2.05) is 6.08 Å². The van der Waals surface area contributed by atoms with E-state index < -0.39 is 12.1 Å². The molecule has 0 fully saturated rings. The SMILES string of the molecule is CCCCCCCCCCCC/C=C/C(O)C(CO)NC(=O)CCCCCCCCCCCCCC/C=C\CCCCCCCCCCCCCCOC(=O)CCCCCCCCCCCCCCC. The van der Waals surface area contributed by atoms with E-state index in [2.05, 4.69) is 31.3 Å². The van der Waals surface area contributed by atoms with Crippen LogP contribution >= 0.6 is 0 Å². The van der Waals surface area contributed by atoms with Gasteiger partial charge in [-0.2, -0.15) is 0 Å². The molecule has 2 unspecified atom stereocenters. The lowest BCUT2D eigenvalue weighted by Gasteiger charge is -2.20. The van der Waals surface area contributed by atoms with Gasteiger partial charge in [-0.25, -0.2) is 0 Å². The Balaban J connectivity index is 3.37. The van der Waals surface area contributed by atoms with Gasteiger partial charge in [0.2, 0.25) is 5.91 Å². The molecule has 0 saturated carbocycles. The molecule has 0 aliphatic rings. The number of aliphatic hydroxyl groups is 2. The number of unbranched alkanes of at least 4 members (excludes halogenated alkanes) is 46. The summed E-state index contributed by atoms with van der Waals surface area (Å²) in [5.74, 6) is -0.0503. The highest BCUT2D eigenvalue weighted by molar-refractivity contribution is 5.76. The van der Waals surface area contributed by atoms with Crippen molar-refractivity contribution in [3.8, 4) is 0 Å². The number of rotatable bonds is 59. The van der Waals surface area contributed by atoms with Gasteiger partial charge in [0.1, 0.15) is 0 Å². The first-order chi connectivity index (χ1) is 34.5. The Labute approximate surface area is 437 Å². The number of aliphatic hydroxyl groups excluding tert-OH is 2. The van der Waals surface area contributed by atoms with E-state index in [9.17, 15) is 19.8 Å². The number of allylic oxidation sites excluding steroid dienone is 3. The Morgan fingerprint density at radius 2 is 0.671 bits per heavy atom. The minimum Gasteiger partial charge on any atom is -0.466 e. The maximum atomic E-state index is 12.4. The van der Waals surface area contributed by atoms with Crippen molar-refractivity contribution in [3.63, 3.8) is 0 Å². The van der Waals surface area contributed by atoms with Crippen LogP contribution in [0, 0.1) is 0 Å². The van der Waals surface area contributed by atoms with Crippen molar-refractivity contribution < 1.29 is 24.5 Å². The smallest absolute Gasteiger partial charge is 0.305 e. The van der Waals surface area contributed by atoms with Gasteiger partial charge in [-0.05, 0) is 57.8 Å². The van der Waals surface area contributed by atoms with Gasteiger partial charge in [-0.15, -0.1) is 0 Å². The molecular formula is C64H123NO5. The van der Waals surface area contributed by atoms with Crippen molar-refractivity contribution in [2.45, 2.75) is 360 Å². The van der Waals surface area contributed by atoms with E-state index in [-0.39, 0.29) is 18.5 Å². The lowest BCUT2D eigenvalue weighted by atomic mass is 10.0. The van der Waals surface area contributed by atoms with Crippen LogP contribution in [0.1, 0.15) is 348 Å². The topological polar surface area (TPSA) is 95.9 Å². The third-order valence-corrected chi connectivity index (χ3v) is 14.7. The zero-order chi connectivity index (χ0) is 50.7. The monoisotopic (exact) mass is 986 g/mol. The van der Waals surface area contributed by atoms with Crippen LogP contribution in [0.15, 0.2) is 24.3 Å². The van der Waals surface area contributed by atoms with Crippen LogP contribution in [0.5, 0.6) is 0 Å². The number of hydrogen-bond acceptors (Lipinski definition) is 5. The summed E-state index contributed by atoms with van der Waals surface area (Å²) in [7, 11) is 0. The van der Waals surface area contributed by atoms with Crippen LogP contribution in [-0.4, -0.2) is 47.4 Å². The van der Waals surface area contributed by atoms with Crippen molar-refractivity contribution in [3.05, 3.63) is 24.3 Å². The summed E-state index contributed by atoms with van der Waals surface area (Å²) in [4.78, 5) is 24.5. The van der Waals surface area contributed by atoms with Crippen molar-refractivity contribution in [1.29, 1.82) is 0 Å². The van der Waals surface area contributed by atoms with Crippen molar-refractivity contribution >= 4 is 11.9 Å². The summed E-state index contributed by atoms with van der Waals surface area (Å²) < 4.78 is 5.48. The molecule has 0 aromatic rings. The zero-order valence-corrected chi connectivity index (χ0v) is 47.3. The van der Waals surface area contributed by atoms with E-state index in [4.69, 9.17) is 4.74 Å². The summed E-state index contributed by atoms with van der Waals surface area (Å²) in [6.07, 6.45) is 73.8. The Bertz CT molecular complexity index is 1090. The van der Waals surface area contributed by atoms with Crippen LogP contribution in [0.4, 0.5) is 0 Å². The number of ether oxygens (including phenoxy) is 1. The number of hydrogen-bond donors (Lipinski definition) is 3. The summed E-state index contributed by atoms with van der Waals surface area (Å²) >= 11 is 0. The van der Waals surface area contributed by atoms with Gasteiger partial charge in [0.05, 0.1) is 25.4 Å². The largest absolute Gasteiger partial charge is 0.466 e. The predicted molar refractivity (Wildman–Crippen MR) is 306 cm³/mol. The molecule has 0 aliphatic heterocycles. The summed E-state index contributed by atoms with van der Waals surface area (Å²) in [6, 6.07) is -0.626. The second kappa shape index (κ2) is 59.9. The molecule has 0 aliphatic carbocycles. The quantitative estimate of drug-likeness (QED) is 0.0321. The molecule has 6 heteroatoms. The van der Waals surface area contributed by atoms with Gasteiger partial charge in [0.25, 0.3) is 0 Å². The van der Waals surface area contributed by atoms with Gasteiger partial charge >= 0.3 is 5.97 Å². The lowest BCUT2D eigenvalue weighted by molar-refractivity contribution is -0.143. The number of carbonyl (C=O) groups excluding carboxylic acids is 2. The molecule has 0 heterocycles. The molecule has 0 saturated heterocycles. The van der Waals surface area contributed by atoms with Gasteiger partial charge in [0.15, 0.2) is 0 Å². The van der Waals surface area contributed by atoms with Crippen molar-refractivity contribution in [2.24, 2.45) is 0 Å². The molecule has 414 valence electrons. The highest BCUT2D eigenvalue weighted by Gasteiger charge is 2.18. The number of nitrogens with one attached hydrogen (secondary N) is 1. The summed E-state index contributed by atoms with van der Waals surface area (Å²) in [5, 5.41) is 23.1. The van der Waals surface area contributed by atoms with Crippen LogP contribution in [0.25, 0.3) is 0 Å². The van der Waals surface area contributed by atoms with E-state index in [1.54, 1.807) is 6.08 Å². The Morgan fingerprint density at radius 3 is 1.01 bits per heavy atom. The zero-order valence-electron chi connectivity index (χ0n) is 47.3. The fraction of sp³-hybridized carbons (Fsp3) is 0.906. The Hall–Kier alpha value is -1.66. The minimum atomic E-state index is -0.843. The third-order valence-electron chi connectivity index (χ3n) is 14.7. The van der Waals surface area contributed by atoms with Crippen molar-refractivity contribution in [2.75, 3.05) is 13.2 Å². The van der Waals surface area contributed by atoms with Crippen LogP contribution in [0.2, 0.25) is 0 Å². The standard InChI is InChI=1S/C64H123NO5/c1-3-5-7-9-11-13-15-33-38-42-46-50-54-58-64(69)70-59-55-51-47-43-39-35-32-30-28-26-24-22-20-18-17-19-21-23-25-27-29-31-34-37-41-45-49-53-57-63(68)65-61(60-66)62(67)56-52-48-44-40-36-16-14-12-10-8-6-4-2/h17-18,52,56,61-62,66-67H,3-16,19-51,53-55,57-60H2,1-2H3,(H,65,68)/b18-17-,56-52+. The molecule has 0 rings (SSSR count). The average Bonchev–Trinajstić information content (AvgIpc) is 3.36. The van der Waals surface area contributed by atoms with Crippen molar-refractivity contribution in [1.82, 2.24) is 5.32 Å². The normalized spacial score (nSPS) is 12.7. The molecule has 3 N–H and O–H groups in total. The maximum absolute atomic E-state index is 12.4. The highest BCUT2D eigenvalue weighted by atomic mass is 16.5. The third kappa shape index (κ3) is 55.7.